The van der Waals surface area contributed by atoms with Crippen LogP contribution in [0.3, 0.4) is 0 Å². The minimum atomic E-state index is -4.73. The number of anilines is 1. The van der Waals surface area contributed by atoms with Gasteiger partial charge in [-0.15, -0.1) is 0 Å². The zero-order chi connectivity index (χ0) is 32.6. The van der Waals surface area contributed by atoms with Crippen LogP contribution in [-0.2, 0) is 19.8 Å². The van der Waals surface area contributed by atoms with Gasteiger partial charge in [-0.2, -0.15) is 18.3 Å². The van der Waals surface area contributed by atoms with Gasteiger partial charge in [-0.05, 0) is 38.0 Å². The first kappa shape index (κ1) is 32.0. The number of piperazine rings is 1. The van der Waals surface area contributed by atoms with Crippen LogP contribution >= 0.6 is 11.6 Å². The van der Waals surface area contributed by atoms with Gasteiger partial charge in [-0.1, -0.05) is 23.8 Å². The van der Waals surface area contributed by atoms with Crippen LogP contribution < -0.4 is 16.4 Å². The molecule has 45 heavy (non-hydrogen) atoms. The average Bonchev–Trinajstić information content (AvgIpc) is 3.54. The highest BCUT2D eigenvalue weighted by Gasteiger charge is 2.39. The number of nitrogens with two attached hydrogens (primary N) is 1. The lowest BCUT2D eigenvalue weighted by Crippen LogP contribution is -2.57. The predicted octanol–water partition coefficient (Wildman–Crippen LogP) is 3.74. The standard InChI is InChI=1S/C29H33ClF3N9O3/c1-16(2)14-42-15-21(24(38-42)29(31,32)33)23-13-35-25(39(23)3)26(43)36-18-4-5-20(22(30)12-18)27(44)40-6-8-41(9-7-40)28(45)37-19-10-17(34)11-19/h4-5,12-13,15,17,19H,1,6-11,14,34H2,2-3H3,(H,36,43)(H,37,45). The lowest BCUT2D eigenvalue weighted by atomic mass is 9.88. The molecule has 1 saturated heterocycles. The maximum absolute atomic E-state index is 13.8. The van der Waals surface area contributed by atoms with Gasteiger partial charge in [-0.25, -0.2) is 9.78 Å². The van der Waals surface area contributed by atoms with Crippen molar-refractivity contribution in [2.24, 2.45) is 12.8 Å². The number of carbonyl (C=O) groups is 3. The molecule has 3 heterocycles. The summed E-state index contributed by atoms with van der Waals surface area (Å²) in [7, 11) is 1.42. The molecule has 1 aliphatic carbocycles. The Hall–Kier alpha value is -4.37. The molecular weight excluding hydrogens is 615 g/mol. The number of nitrogens with one attached hydrogen (secondary N) is 2. The number of hydrogen-bond acceptors (Lipinski definition) is 6. The van der Waals surface area contributed by atoms with Crippen LogP contribution in [0, 0.1) is 0 Å². The summed E-state index contributed by atoms with van der Waals surface area (Å²) in [6.45, 7) is 6.88. The Bertz CT molecular complexity index is 1640. The predicted molar refractivity (Wildman–Crippen MR) is 161 cm³/mol. The monoisotopic (exact) mass is 647 g/mol. The van der Waals surface area contributed by atoms with Gasteiger partial charge < -0.3 is 30.7 Å². The molecule has 16 heteroatoms. The minimum absolute atomic E-state index is 0.0456. The van der Waals surface area contributed by atoms with E-state index in [4.69, 9.17) is 17.3 Å². The summed E-state index contributed by atoms with van der Waals surface area (Å²) in [5.74, 6) is -1.16. The van der Waals surface area contributed by atoms with Crippen molar-refractivity contribution in [2.45, 2.75) is 44.6 Å². The average molecular weight is 648 g/mol. The molecule has 12 nitrogen and oxygen atoms in total. The SMILES string of the molecule is C=C(C)Cn1cc(-c2cnc(C(=O)Nc3ccc(C(=O)N4CCN(C(=O)NC5CC(N)C5)CC4)c(Cl)c3)n2C)c(C(F)(F)F)n1. The molecule has 0 spiro atoms. The highest BCUT2D eigenvalue weighted by Crippen LogP contribution is 2.36. The van der Waals surface area contributed by atoms with Crippen LogP contribution in [0.1, 0.15) is 46.4 Å². The van der Waals surface area contributed by atoms with Gasteiger partial charge in [0.1, 0.15) is 0 Å². The number of rotatable bonds is 7. The van der Waals surface area contributed by atoms with Crippen molar-refractivity contribution in [3.05, 3.63) is 64.8 Å². The Balaban J connectivity index is 1.23. The first-order valence-corrected chi connectivity index (χ1v) is 14.6. The van der Waals surface area contributed by atoms with Crippen LogP contribution in [0.25, 0.3) is 11.3 Å². The van der Waals surface area contributed by atoms with Crippen molar-refractivity contribution in [3.63, 3.8) is 0 Å². The molecule has 2 aromatic heterocycles. The van der Waals surface area contributed by atoms with Crippen molar-refractivity contribution in [1.29, 1.82) is 0 Å². The Morgan fingerprint density at radius 1 is 1.13 bits per heavy atom. The zero-order valence-corrected chi connectivity index (χ0v) is 25.5. The number of aromatic nitrogens is 4. The van der Waals surface area contributed by atoms with Crippen molar-refractivity contribution in [1.82, 2.24) is 34.4 Å². The van der Waals surface area contributed by atoms with Crippen LogP contribution in [0.15, 0.2) is 42.7 Å². The summed E-state index contributed by atoms with van der Waals surface area (Å²) >= 11 is 6.43. The topological polar surface area (TPSA) is 143 Å². The van der Waals surface area contributed by atoms with Crippen molar-refractivity contribution >= 4 is 35.1 Å². The largest absolute Gasteiger partial charge is 0.435 e. The maximum atomic E-state index is 13.8. The molecule has 1 aliphatic heterocycles. The zero-order valence-electron chi connectivity index (χ0n) is 24.7. The molecule has 1 saturated carbocycles. The number of amides is 4. The molecule has 0 radical (unpaired) electrons. The Kier molecular flexibility index (Phi) is 8.94. The van der Waals surface area contributed by atoms with E-state index in [-0.39, 0.29) is 63.9 Å². The van der Waals surface area contributed by atoms with E-state index >= 15 is 0 Å². The van der Waals surface area contributed by atoms with Gasteiger partial charge in [0, 0.05) is 57.2 Å². The van der Waals surface area contributed by atoms with E-state index in [9.17, 15) is 27.6 Å². The third kappa shape index (κ3) is 6.99. The van der Waals surface area contributed by atoms with E-state index in [1.54, 1.807) is 16.7 Å². The summed E-state index contributed by atoms with van der Waals surface area (Å²) in [5.41, 5.74) is 5.59. The molecule has 0 bridgehead atoms. The number of allylic oxidation sites excluding steroid dienone is 1. The maximum Gasteiger partial charge on any atom is 0.435 e. The summed E-state index contributed by atoms with van der Waals surface area (Å²) in [6.07, 6.45) is -0.801. The Morgan fingerprint density at radius 2 is 1.80 bits per heavy atom. The van der Waals surface area contributed by atoms with Gasteiger partial charge in [-0.3, -0.25) is 14.3 Å². The van der Waals surface area contributed by atoms with E-state index < -0.39 is 17.8 Å². The fourth-order valence-corrected chi connectivity index (χ4v) is 5.59. The third-order valence-corrected chi connectivity index (χ3v) is 8.06. The van der Waals surface area contributed by atoms with Crippen LogP contribution in [0.2, 0.25) is 5.02 Å². The van der Waals surface area contributed by atoms with Crippen LogP contribution in [-0.4, -0.2) is 85.2 Å². The van der Waals surface area contributed by atoms with Gasteiger partial charge >= 0.3 is 12.2 Å². The quantitative estimate of drug-likeness (QED) is 0.334. The Morgan fingerprint density at radius 3 is 2.40 bits per heavy atom. The number of urea groups is 1. The first-order chi connectivity index (χ1) is 21.2. The summed E-state index contributed by atoms with van der Waals surface area (Å²) in [4.78, 5) is 46.0. The van der Waals surface area contributed by atoms with E-state index in [1.165, 1.54) is 42.2 Å². The smallest absolute Gasteiger partial charge is 0.335 e. The third-order valence-electron chi connectivity index (χ3n) is 7.74. The number of imidazole rings is 1. The molecule has 5 rings (SSSR count). The van der Waals surface area contributed by atoms with Crippen molar-refractivity contribution in [2.75, 3.05) is 31.5 Å². The first-order valence-electron chi connectivity index (χ1n) is 14.2. The molecule has 1 aromatic carbocycles. The molecule has 3 aromatic rings. The molecule has 2 aliphatic rings. The van der Waals surface area contributed by atoms with Gasteiger partial charge in [0.15, 0.2) is 11.5 Å². The molecule has 0 unspecified atom stereocenters. The molecule has 2 fully saturated rings. The van der Waals surface area contributed by atoms with Gasteiger partial charge in [0.05, 0.1) is 34.6 Å². The van der Waals surface area contributed by atoms with E-state index in [2.05, 4.69) is 27.3 Å². The number of nitrogens with zero attached hydrogens (tertiary/aromatic N) is 6. The normalized spacial score (nSPS) is 18.4. The number of carbonyl (C=O) groups excluding carboxylic acids is 3. The van der Waals surface area contributed by atoms with Crippen molar-refractivity contribution in [3.8, 4) is 11.3 Å². The summed E-state index contributed by atoms with van der Waals surface area (Å²) < 4.78 is 43.7. The molecule has 240 valence electrons. The number of halogens is 4. The minimum Gasteiger partial charge on any atom is -0.335 e. The van der Waals surface area contributed by atoms with Crippen molar-refractivity contribution < 1.29 is 27.6 Å². The highest BCUT2D eigenvalue weighted by molar-refractivity contribution is 6.34. The lowest BCUT2D eigenvalue weighted by Gasteiger charge is -2.38. The fourth-order valence-electron chi connectivity index (χ4n) is 5.33. The second-order valence-corrected chi connectivity index (χ2v) is 11.8. The van der Waals surface area contributed by atoms with Gasteiger partial charge in [0.25, 0.3) is 11.8 Å². The molecule has 4 amide bonds. The summed E-state index contributed by atoms with van der Waals surface area (Å²) in [6, 6.07) is 4.43. The lowest BCUT2D eigenvalue weighted by molar-refractivity contribution is -0.141. The molecular formula is C29H33ClF3N9O3. The van der Waals surface area contributed by atoms with Crippen LogP contribution in [0.4, 0.5) is 23.7 Å². The fraction of sp³-hybridized carbons (Fsp3) is 0.414. The number of benzene rings is 1. The number of alkyl halides is 3. The van der Waals surface area contributed by atoms with Crippen LogP contribution in [0.5, 0.6) is 0 Å². The number of hydrogen-bond donors (Lipinski definition) is 3. The molecule has 0 atom stereocenters. The summed E-state index contributed by atoms with van der Waals surface area (Å²) in [5, 5.41) is 9.35. The van der Waals surface area contributed by atoms with Gasteiger partial charge in [0.2, 0.25) is 0 Å². The van der Waals surface area contributed by atoms with E-state index in [0.29, 0.717) is 31.8 Å². The van der Waals surface area contributed by atoms with E-state index in [0.717, 1.165) is 17.5 Å². The van der Waals surface area contributed by atoms with E-state index in [1.807, 2.05) is 0 Å². The Labute approximate surface area is 262 Å². The highest BCUT2D eigenvalue weighted by atomic mass is 35.5. The second-order valence-electron chi connectivity index (χ2n) is 11.4. The second kappa shape index (κ2) is 12.6. The molecule has 4 N–H and O–H groups in total.